The van der Waals surface area contributed by atoms with Crippen LogP contribution < -0.4 is 5.32 Å². The predicted molar refractivity (Wildman–Crippen MR) is 89.5 cm³/mol. The highest BCUT2D eigenvalue weighted by Gasteiger charge is 2.31. The fourth-order valence-corrected chi connectivity index (χ4v) is 3.56. The van der Waals surface area contributed by atoms with E-state index in [2.05, 4.69) is 5.32 Å². The van der Waals surface area contributed by atoms with Crippen molar-refractivity contribution in [3.05, 3.63) is 0 Å². The van der Waals surface area contributed by atoms with Gasteiger partial charge >= 0.3 is 12.0 Å². The van der Waals surface area contributed by atoms with Crippen LogP contribution in [0.25, 0.3) is 0 Å². The fraction of sp³-hybridized carbons (Fsp3) is 0.824. The molecule has 2 rings (SSSR count). The van der Waals surface area contributed by atoms with Crippen LogP contribution in [0.4, 0.5) is 4.79 Å². The first-order valence-electron chi connectivity index (χ1n) is 9.00. The number of aliphatic carboxylic acids is 1. The van der Waals surface area contributed by atoms with Crippen molar-refractivity contribution in [3.8, 4) is 0 Å². The molecule has 2 aliphatic heterocycles. The molecule has 2 heterocycles. The maximum absolute atomic E-state index is 12.2. The van der Waals surface area contributed by atoms with Crippen LogP contribution >= 0.6 is 0 Å². The molecule has 2 saturated heterocycles. The largest absolute Gasteiger partial charge is 0.481 e. The molecule has 0 aromatic rings. The predicted octanol–water partition coefficient (Wildman–Crippen LogP) is 1.53. The summed E-state index contributed by atoms with van der Waals surface area (Å²) in [6.45, 7) is 4.70. The molecule has 2 atom stereocenters. The van der Waals surface area contributed by atoms with Gasteiger partial charge in [-0.05, 0) is 25.2 Å². The number of carboxylic acid groups (broad SMARTS) is 1. The van der Waals surface area contributed by atoms with Gasteiger partial charge in [0.1, 0.15) is 0 Å². The Balaban J connectivity index is 1.73. The van der Waals surface area contributed by atoms with Crippen LogP contribution in [0.2, 0.25) is 0 Å². The molecule has 0 bridgehead atoms. The Bertz CT molecular complexity index is 461. The molecule has 0 radical (unpaired) electrons. The summed E-state index contributed by atoms with van der Waals surface area (Å²) in [4.78, 5) is 39.0. The van der Waals surface area contributed by atoms with Gasteiger partial charge in [-0.2, -0.15) is 0 Å². The van der Waals surface area contributed by atoms with E-state index in [9.17, 15) is 14.4 Å². The van der Waals surface area contributed by atoms with Gasteiger partial charge in [-0.15, -0.1) is 0 Å². The van der Waals surface area contributed by atoms with Crippen LogP contribution in [0.1, 0.15) is 45.4 Å². The normalized spacial score (nSPS) is 25.0. The summed E-state index contributed by atoms with van der Waals surface area (Å²) >= 11 is 0. The molecular weight excluding hydrogens is 310 g/mol. The average Bonchev–Trinajstić information content (AvgIpc) is 2.83. The quantitative estimate of drug-likeness (QED) is 0.813. The third-order valence-electron chi connectivity index (χ3n) is 4.87. The highest BCUT2D eigenvalue weighted by atomic mass is 16.4. The van der Waals surface area contributed by atoms with Gasteiger partial charge in [-0.1, -0.05) is 19.8 Å². The molecule has 7 heteroatoms. The van der Waals surface area contributed by atoms with E-state index in [1.165, 1.54) is 12.8 Å². The number of carbonyl (C=O) groups is 3. The van der Waals surface area contributed by atoms with Crippen LogP contribution in [0.15, 0.2) is 0 Å². The first-order valence-corrected chi connectivity index (χ1v) is 9.00. The monoisotopic (exact) mass is 339 g/mol. The summed E-state index contributed by atoms with van der Waals surface area (Å²) in [5.41, 5.74) is 0. The number of hydrogen-bond acceptors (Lipinski definition) is 3. The van der Waals surface area contributed by atoms with Gasteiger partial charge in [-0.3, -0.25) is 9.59 Å². The Hall–Kier alpha value is -1.79. The van der Waals surface area contributed by atoms with E-state index >= 15 is 0 Å². The van der Waals surface area contributed by atoms with Gasteiger partial charge in [0.25, 0.3) is 0 Å². The molecule has 2 unspecified atom stereocenters. The Morgan fingerprint density at radius 2 is 1.71 bits per heavy atom. The van der Waals surface area contributed by atoms with Crippen molar-refractivity contribution in [2.24, 2.45) is 11.8 Å². The van der Waals surface area contributed by atoms with Crippen molar-refractivity contribution in [2.45, 2.75) is 45.4 Å². The minimum atomic E-state index is -0.851. The second-order valence-electron chi connectivity index (χ2n) is 7.06. The molecule has 2 aliphatic rings. The zero-order valence-corrected chi connectivity index (χ0v) is 14.5. The molecule has 2 N–H and O–H groups in total. The van der Waals surface area contributed by atoms with Gasteiger partial charge in [0.05, 0.1) is 5.92 Å². The minimum Gasteiger partial charge on any atom is -0.481 e. The van der Waals surface area contributed by atoms with Crippen molar-refractivity contribution in [2.75, 3.05) is 32.7 Å². The van der Waals surface area contributed by atoms with E-state index in [1.807, 2.05) is 11.8 Å². The number of urea groups is 1. The molecule has 7 nitrogen and oxygen atoms in total. The van der Waals surface area contributed by atoms with Crippen molar-refractivity contribution < 1.29 is 19.5 Å². The number of amides is 3. The smallest absolute Gasteiger partial charge is 0.317 e. The highest BCUT2D eigenvalue weighted by molar-refractivity contribution is 5.79. The summed E-state index contributed by atoms with van der Waals surface area (Å²) in [6, 6.07) is -0.267. The molecule has 0 spiro atoms. The van der Waals surface area contributed by atoms with Crippen molar-refractivity contribution in [1.29, 1.82) is 0 Å². The Morgan fingerprint density at radius 1 is 1.04 bits per heavy atom. The van der Waals surface area contributed by atoms with Crippen molar-refractivity contribution in [3.63, 3.8) is 0 Å². The van der Waals surface area contributed by atoms with Gasteiger partial charge in [-0.25, -0.2) is 4.79 Å². The molecule has 0 saturated carbocycles. The molecule has 24 heavy (non-hydrogen) atoms. The SMILES string of the molecule is CC1CC(C(=O)O)CN(C(=O)NCCC(=O)N2CCCCCC2)C1. The maximum atomic E-state index is 12.2. The number of rotatable bonds is 4. The third kappa shape index (κ3) is 5.39. The lowest BCUT2D eigenvalue weighted by Gasteiger charge is -2.34. The second kappa shape index (κ2) is 8.89. The summed E-state index contributed by atoms with van der Waals surface area (Å²) in [5, 5.41) is 11.9. The van der Waals surface area contributed by atoms with E-state index in [0.717, 1.165) is 25.9 Å². The van der Waals surface area contributed by atoms with E-state index in [-0.39, 0.29) is 24.4 Å². The molecule has 0 aliphatic carbocycles. The van der Waals surface area contributed by atoms with E-state index < -0.39 is 11.9 Å². The average molecular weight is 339 g/mol. The Morgan fingerprint density at radius 3 is 2.33 bits per heavy atom. The van der Waals surface area contributed by atoms with Crippen molar-refractivity contribution in [1.82, 2.24) is 15.1 Å². The van der Waals surface area contributed by atoms with Crippen LogP contribution in [0, 0.1) is 11.8 Å². The van der Waals surface area contributed by atoms with E-state index in [4.69, 9.17) is 5.11 Å². The van der Waals surface area contributed by atoms with Gasteiger partial charge in [0.2, 0.25) is 5.91 Å². The van der Waals surface area contributed by atoms with Crippen LogP contribution in [0.5, 0.6) is 0 Å². The topological polar surface area (TPSA) is 90.0 Å². The number of nitrogens with one attached hydrogen (secondary N) is 1. The summed E-state index contributed by atoms with van der Waals surface area (Å²) < 4.78 is 0. The Kier molecular flexibility index (Phi) is 6.87. The van der Waals surface area contributed by atoms with Gasteiger partial charge in [0.15, 0.2) is 0 Å². The molecule has 2 fully saturated rings. The second-order valence-corrected chi connectivity index (χ2v) is 7.06. The van der Waals surface area contributed by atoms with Crippen LogP contribution in [0.3, 0.4) is 0 Å². The molecule has 3 amide bonds. The summed E-state index contributed by atoms with van der Waals surface area (Å²) in [7, 11) is 0. The third-order valence-corrected chi connectivity index (χ3v) is 4.87. The summed E-state index contributed by atoms with van der Waals surface area (Å²) in [5.74, 6) is -1.09. The van der Waals surface area contributed by atoms with Crippen LogP contribution in [-0.2, 0) is 9.59 Å². The fourth-order valence-electron chi connectivity index (χ4n) is 3.56. The lowest BCUT2D eigenvalue weighted by Crippen LogP contribution is -2.50. The number of piperidine rings is 1. The maximum Gasteiger partial charge on any atom is 0.317 e. The van der Waals surface area contributed by atoms with Crippen LogP contribution in [-0.4, -0.2) is 65.5 Å². The molecule has 136 valence electrons. The molecule has 0 aromatic carbocycles. The zero-order valence-electron chi connectivity index (χ0n) is 14.5. The highest BCUT2D eigenvalue weighted by Crippen LogP contribution is 2.21. The van der Waals surface area contributed by atoms with Gasteiger partial charge < -0.3 is 20.2 Å². The lowest BCUT2D eigenvalue weighted by atomic mass is 9.91. The molecular formula is C17H29N3O4. The van der Waals surface area contributed by atoms with E-state index in [1.54, 1.807) is 4.90 Å². The van der Waals surface area contributed by atoms with Gasteiger partial charge in [0, 0.05) is 39.1 Å². The number of likely N-dealkylation sites (tertiary alicyclic amines) is 2. The number of carboxylic acids is 1. The minimum absolute atomic E-state index is 0.0904. The van der Waals surface area contributed by atoms with E-state index in [0.29, 0.717) is 25.9 Å². The Labute approximate surface area is 143 Å². The first kappa shape index (κ1) is 18.5. The zero-order chi connectivity index (χ0) is 17.5. The number of carbonyl (C=O) groups excluding carboxylic acids is 2. The molecule has 0 aromatic heterocycles. The standard InChI is InChI=1S/C17H29N3O4/c1-13-10-14(16(22)23)12-20(11-13)17(24)18-7-6-15(21)19-8-4-2-3-5-9-19/h13-14H,2-12H2,1H3,(H,18,24)(H,22,23). The van der Waals surface area contributed by atoms with Crippen molar-refractivity contribution >= 4 is 17.9 Å². The summed E-state index contributed by atoms with van der Waals surface area (Å²) in [6.07, 6.45) is 5.38. The number of nitrogens with zero attached hydrogens (tertiary/aromatic N) is 2. The lowest BCUT2D eigenvalue weighted by molar-refractivity contribution is -0.143. The first-order chi connectivity index (χ1) is 11.5. The number of hydrogen-bond donors (Lipinski definition) is 2.